The maximum atomic E-state index is 11.9. The third-order valence-corrected chi connectivity index (χ3v) is 3.07. The van der Waals surface area contributed by atoms with E-state index in [9.17, 15) is 9.59 Å². The van der Waals surface area contributed by atoms with E-state index in [2.05, 4.69) is 5.32 Å². The molecule has 1 aromatic rings. The van der Waals surface area contributed by atoms with Gasteiger partial charge in [-0.05, 0) is 37.1 Å². The van der Waals surface area contributed by atoms with Gasteiger partial charge in [-0.3, -0.25) is 9.59 Å². The first-order chi connectivity index (χ1) is 8.65. The minimum absolute atomic E-state index is 0.0590. The van der Waals surface area contributed by atoms with Gasteiger partial charge in [-0.1, -0.05) is 12.8 Å². The summed E-state index contributed by atoms with van der Waals surface area (Å²) in [6.45, 7) is 1.35. The van der Waals surface area contributed by atoms with Crippen LogP contribution in [0.3, 0.4) is 0 Å². The summed E-state index contributed by atoms with van der Waals surface area (Å²) >= 11 is 0. The Morgan fingerprint density at radius 2 is 1.78 bits per heavy atom. The van der Waals surface area contributed by atoms with Crippen molar-refractivity contribution in [3.8, 4) is 5.75 Å². The molecule has 0 atom stereocenters. The molecular formula is C14H17NO3. The lowest BCUT2D eigenvalue weighted by Crippen LogP contribution is -2.32. The maximum Gasteiger partial charge on any atom is 0.308 e. The van der Waals surface area contributed by atoms with Crippen molar-refractivity contribution in [1.82, 2.24) is 5.32 Å². The van der Waals surface area contributed by atoms with Crippen LogP contribution in [0.1, 0.15) is 43.0 Å². The second kappa shape index (κ2) is 5.67. The fourth-order valence-corrected chi connectivity index (χ4v) is 2.18. The summed E-state index contributed by atoms with van der Waals surface area (Å²) in [5, 5.41) is 3.01. The predicted octanol–water partition coefficient (Wildman–Crippen LogP) is 2.28. The van der Waals surface area contributed by atoms with Gasteiger partial charge in [0.15, 0.2) is 0 Å². The molecule has 0 radical (unpaired) electrons. The quantitative estimate of drug-likeness (QED) is 0.658. The first-order valence-corrected chi connectivity index (χ1v) is 6.24. The van der Waals surface area contributed by atoms with Crippen molar-refractivity contribution in [2.45, 2.75) is 38.6 Å². The first kappa shape index (κ1) is 12.6. The molecule has 0 bridgehead atoms. The molecule has 0 heterocycles. The largest absolute Gasteiger partial charge is 0.427 e. The topological polar surface area (TPSA) is 55.4 Å². The van der Waals surface area contributed by atoms with Crippen molar-refractivity contribution >= 4 is 11.9 Å². The summed E-state index contributed by atoms with van der Waals surface area (Å²) < 4.78 is 4.91. The van der Waals surface area contributed by atoms with Gasteiger partial charge in [0.1, 0.15) is 5.75 Å². The van der Waals surface area contributed by atoms with Gasteiger partial charge in [-0.15, -0.1) is 0 Å². The third kappa shape index (κ3) is 3.32. The van der Waals surface area contributed by atoms with Crippen LogP contribution in [0.4, 0.5) is 0 Å². The number of esters is 1. The minimum atomic E-state index is -0.363. The average Bonchev–Trinajstić information content (AvgIpc) is 2.82. The molecule has 1 aromatic carbocycles. The van der Waals surface area contributed by atoms with E-state index < -0.39 is 0 Å². The Morgan fingerprint density at radius 3 is 2.33 bits per heavy atom. The fourth-order valence-electron chi connectivity index (χ4n) is 2.18. The molecule has 1 amide bonds. The highest BCUT2D eigenvalue weighted by Gasteiger charge is 2.17. The molecule has 0 unspecified atom stereocenters. The van der Waals surface area contributed by atoms with Crippen molar-refractivity contribution in [1.29, 1.82) is 0 Å². The van der Waals surface area contributed by atoms with Crippen molar-refractivity contribution < 1.29 is 14.3 Å². The Morgan fingerprint density at radius 1 is 1.17 bits per heavy atom. The SMILES string of the molecule is CC(=O)Oc1ccc(C(=O)NC2CCCC2)cc1. The van der Waals surface area contributed by atoms with Gasteiger partial charge in [0, 0.05) is 18.5 Å². The van der Waals surface area contributed by atoms with E-state index in [1.54, 1.807) is 24.3 Å². The van der Waals surface area contributed by atoms with Gasteiger partial charge in [0.2, 0.25) is 0 Å². The van der Waals surface area contributed by atoms with Crippen LogP contribution in [0.2, 0.25) is 0 Å². The van der Waals surface area contributed by atoms with Gasteiger partial charge in [-0.2, -0.15) is 0 Å². The Balaban J connectivity index is 1.95. The lowest BCUT2D eigenvalue weighted by atomic mass is 10.1. The highest BCUT2D eigenvalue weighted by Crippen LogP contribution is 2.18. The summed E-state index contributed by atoms with van der Waals surface area (Å²) in [6.07, 6.45) is 4.52. The van der Waals surface area contributed by atoms with Crippen LogP contribution in [0.25, 0.3) is 0 Å². The van der Waals surface area contributed by atoms with Crippen LogP contribution in [-0.2, 0) is 4.79 Å². The lowest BCUT2D eigenvalue weighted by molar-refractivity contribution is -0.131. The summed E-state index contributed by atoms with van der Waals surface area (Å²) in [5.74, 6) is 0.0364. The molecule has 1 N–H and O–H groups in total. The molecule has 1 saturated carbocycles. The highest BCUT2D eigenvalue weighted by molar-refractivity contribution is 5.94. The van der Waals surface area contributed by atoms with E-state index in [1.165, 1.54) is 19.8 Å². The number of amides is 1. The van der Waals surface area contributed by atoms with E-state index in [4.69, 9.17) is 4.74 Å². The van der Waals surface area contributed by atoms with E-state index in [0.29, 0.717) is 17.4 Å². The van der Waals surface area contributed by atoms with Crippen LogP contribution in [0, 0.1) is 0 Å². The van der Waals surface area contributed by atoms with Gasteiger partial charge in [0.25, 0.3) is 5.91 Å². The van der Waals surface area contributed by atoms with Crippen LogP contribution in [0.15, 0.2) is 24.3 Å². The van der Waals surface area contributed by atoms with E-state index in [1.807, 2.05) is 0 Å². The number of hydrogen-bond acceptors (Lipinski definition) is 3. The van der Waals surface area contributed by atoms with Crippen molar-refractivity contribution in [2.24, 2.45) is 0 Å². The third-order valence-electron chi connectivity index (χ3n) is 3.07. The molecule has 2 rings (SSSR count). The Bertz CT molecular complexity index is 433. The monoisotopic (exact) mass is 247 g/mol. The zero-order valence-corrected chi connectivity index (χ0v) is 10.4. The Labute approximate surface area is 106 Å². The van der Waals surface area contributed by atoms with Crippen molar-refractivity contribution in [3.05, 3.63) is 29.8 Å². The molecule has 4 heteroatoms. The van der Waals surface area contributed by atoms with Gasteiger partial charge in [-0.25, -0.2) is 0 Å². The van der Waals surface area contributed by atoms with Crippen molar-refractivity contribution in [3.63, 3.8) is 0 Å². The molecular weight excluding hydrogens is 230 g/mol. The second-order valence-corrected chi connectivity index (χ2v) is 4.57. The average molecular weight is 247 g/mol. The van der Waals surface area contributed by atoms with Crippen LogP contribution < -0.4 is 10.1 Å². The maximum absolute atomic E-state index is 11.9. The molecule has 0 spiro atoms. The standard InChI is InChI=1S/C14H17NO3/c1-10(16)18-13-8-6-11(7-9-13)14(17)15-12-4-2-3-5-12/h6-9,12H,2-5H2,1H3,(H,15,17). The predicted molar refractivity (Wildman–Crippen MR) is 67.5 cm³/mol. The molecule has 4 nitrogen and oxygen atoms in total. The van der Waals surface area contributed by atoms with Crippen LogP contribution >= 0.6 is 0 Å². The summed E-state index contributed by atoms with van der Waals surface area (Å²) in [4.78, 5) is 22.7. The second-order valence-electron chi connectivity index (χ2n) is 4.57. The van der Waals surface area contributed by atoms with E-state index in [-0.39, 0.29) is 11.9 Å². The molecule has 1 aliphatic carbocycles. The normalized spacial score (nSPS) is 15.4. The molecule has 18 heavy (non-hydrogen) atoms. The number of rotatable bonds is 3. The zero-order valence-electron chi connectivity index (χ0n) is 10.4. The number of benzene rings is 1. The molecule has 1 fully saturated rings. The molecule has 96 valence electrons. The van der Waals surface area contributed by atoms with Gasteiger partial charge in [0.05, 0.1) is 0 Å². The van der Waals surface area contributed by atoms with E-state index >= 15 is 0 Å². The fraction of sp³-hybridized carbons (Fsp3) is 0.429. The molecule has 1 aliphatic rings. The number of carbonyl (C=O) groups is 2. The number of ether oxygens (including phenoxy) is 1. The number of nitrogens with one attached hydrogen (secondary N) is 1. The molecule has 0 saturated heterocycles. The van der Waals surface area contributed by atoms with Crippen LogP contribution in [-0.4, -0.2) is 17.9 Å². The Hall–Kier alpha value is -1.84. The van der Waals surface area contributed by atoms with Gasteiger partial charge >= 0.3 is 5.97 Å². The zero-order chi connectivity index (χ0) is 13.0. The van der Waals surface area contributed by atoms with Crippen molar-refractivity contribution in [2.75, 3.05) is 0 Å². The summed E-state index contributed by atoms with van der Waals surface area (Å²) in [5.41, 5.74) is 0.595. The first-order valence-electron chi connectivity index (χ1n) is 6.24. The molecule has 0 aliphatic heterocycles. The smallest absolute Gasteiger partial charge is 0.308 e. The van der Waals surface area contributed by atoms with E-state index in [0.717, 1.165) is 12.8 Å². The molecule has 0 aromatic heterocycles. The lowest BCUT2D eigenvalue weighted by Gasteiger charge is -2.11. The minimum Gasteiger partial charge on any atom is -0.427 e. The summed E-state index contributed by atoms with van der Waals surface area (Å²) in [6, 6.07) is 6.91. The van der Waals surface area contributed by atoms with Crippen LogP contribution in [0.5, 0.6) is 5.75 Å². The number of carbonyl (C=O) groups excluding carboxylic acids is 2. The summed E-state index contributed by atoms with van der Waals surface area (Å²) in [7, 11) is 0. The number of hydrogen-bond donors (Lipinski definition) is 1. The Kier molecular flexibility index (Phi) is 3.97. The highest BCUT2D eigenvalue weighted by atomic mass is 16.5. The van der Waals surface area contributed by atoms with Gasteiger partial charge < -0.3 is 10.1 Å².